The van der Waals surface area contributed by atoms with Crippen molar-refractivity contribution in [1.82, 2.24) is 14.9 Å². The van der Waals surface area contributed by atoms with Crippen molar-refractivity contribution in [1.29, 1.82) is 0 Å². The maximum absolute atomic E-state index is 15.6. The van der Waals surface area contributed by atoms with Crippen molar-refractivity contribution in [3.05, 3.63) is 59.7 Å². The van der Waals surface area contributed by atoms with Crippen LogP contribution < -0.4 is 10.0 Å². The number of alkyl halides is 2. The van der Waals surface area contributed by atoms with Gasteiger partial charge in [0.1, 0.15) is 17.3 Å². The number of sulfonamides is 1. The Morgan fingerprint density at radius 3 is 2.47 bits per heavy atom. The maximum Gasteiger partial charge on any atom is 0.317 e. The summed E-state index contributed by atoms with van der Waals surface area (Å²) in [5, 5.41) is 2.53. The molecule has 1 aliphatic heterocycles. The maximum atomic E-state index is 15.6. The van der Waals surface area contributed by atoms with Crippen LogP contribution in [0.2, 0.25) is 0 Å². The number of halogens is 4. The van der Waals surface area contributed by atoms with E-state index in [-0.39, 0.29) is 30.6 Å². The predicted octanol–water partition coefficient (Wildman–Crippen LogP) is 4.31. The molecule has 1 heterocycles. The third-order valence-electron chi connectivity index (χ3n) is 6.84. The molecule has 0 unspecified atom stereocenters. The highest BCUT2D eigenvalue weighted by Crippen LogP contribution is 2.55. The van der Waals surface area contributed by atoms with E-state index in [1.807, 2.05) is 0 Å². The van der Waals surface area contributed by atoms with Crippen LogP contribution in [0.3, 0.4) is 0 Å². The molecule has 0 radical (unpaired) electrons. The van der Waals surface area contributed by atoms with Gasteiger partial charge in [-0.2, -0.15) is 0 Å². The first kappa shape index (κ1) is 26.4. The van der Waals surface area contributed by atoms with Gasteiger partial charge < -0.3 is 10.2 Å². The minimum atomic E-state index is -4.28. The summed E-state index contributed by atoms with van der Waals surface area (Å²) >= 11 is 0. The molecule has 2 aromatic carbocycles. The lowest BCUT2D eigenvalue weighted by Crippen LogP contribution is -2.52. The second-order valence-corrected chi connectivity index (χ2v) is 11.9. The highest BCUT2D eigenvalue weighted by Gasteiger charge is 2.61. The Kier molecular flexibility index (Phi) is 7.09. The number of rotatable bonds is 8. The molecular formula is C25H29F4N3O3S. The quantitative estimate of drug-likeness (QED) is 0.503. The van der Waals surface area contributed by atoms with Crippen molar-refractivity contribution in [3.63, 3.8) is 0 Å². The summed E-state index contributed by atoms with van der Waals surface area (Å²) in [5.41, 5.74) is -1.61. The summed E-state index contributed by atoms with van der Waals surface area (Å²) in [4.78, 5) is 14.4. The van der Waals surface area contributed by atoms with Gasteiger partial charge in [0.25, 0.3) is 0 Å². The highest BCUT2D eigenvalue weighted by atomic mass is 32.2. The molecule has 2 amide bonds. The third-order valence-corrected chi connectivity index (χ3v) is 7.74. The zero-order valence-corrected chi connectivity index (χ0v) is 20.8. The normalized spacial score (nSPS) is 21.1. The smallest absolute Gasteiger partial charge is 0.317 e. The lowest BCUT2D eigenvalue weighted by atomic mass is 9.91. The number of nitrogens with one attached hydrogen (secondary N) is 2. The topological polar surface area (TPSA) is 78.5 Å². The number of carbonyl (C=O) groups excluding carboxylic acids is 1. The fraction of sp³-hybridized carbons (Fsp3) is 0.480. The number of amides is 2. The summed E-state index contributed by atoms with van der Waals surface area (Å²) in [5.74, 6) is -1.15. The van der Waals surface area contributed by atoms with Crippen molar-refractivity contribution in [2.75, 3.05) is 19.1 Å². The number of hydrogen-bond donors (Lipinski definition) is 2. The lowest BCUT2D eigenvalue weighted by molar-refractivity contribution is 0.170. The summed E-state index contributed by atoms with van der Waals surface area (Å²) < 4.78 is 83.4. The molecular weight excluding hydrogens is 498 g/mol. The number of hydrogen-bond acceptors (Lipinski definition) is 3. The van der Waals surface area contributed by atoms with E-state index in [9.17, 15) is 26.4 Å². The van der Waals surface area contributed by atoms with Gasteiger partial charge in [-0.3, -0.25) is 0 Å². The van der Waals surface area contributed by atoms with Gasteiger partial charge in [-0.1, -0.05) is 30.3 Å². The number of urea groups is 1. The van der Waals surface area contributed by atoms with Crippen LogP contribution in [0, 0.1) is 17.0 Å². The molecule has 1 aliphatic carbocycles. The molecule has 1 saturated carbocycles. The number of carbonyl (C=O) groups is 1. The van der Waals surface area contributed by atoms with E-state index in [1.54, 1.807) is 12.1 Å². The Bertz CT molecular complexity index is 1250. The van der Waals surface area contributed by atoms with Gasteiger partial charge in [-0.25, -0.2) is 35.5 Å². The summed E-state index contributed by atoms with van der Waals surface area (Å²) in [6.07, 6.45) is 1.13. The van der Waals surface area contributed by atoms with E-state index in [0.717, 1.165) is 0 Å². The molecule has 6 nitrogen and oxygen atoms in total. The van der Waals surface area contributed by atoms with Crippen molar-refractivity contribution in [2.24, 2.45) is 5.41 Å². The second kappa shape index (κ2) is 9.66. The van der Waals surface area contributed by atoms with E-state index < -0.39 is 56.9 Å². The molecule has 2 atom stereocenters. The zero-order valence-electron chi connectivity index (χ0n) is 20.0. The molecule has 36 heavy (non-hydrogen) atoms. The Morgan fingerprint density at radius 2 is 1.86 bits per heavy atom. The van der Waals surface area contributed by atoms with Crippen LogP contribution in [0.1, 0.15) is 32.3 Å². The lowest BCUT2D eigenvalue weighted by Gasteiger charge is -2.30. The van der Waals surface area contributed by atoms with Gasteiger partial charge in [0.15, 0.2) is 0 Å². The SMILES string of the molecule is CC(C)(F)CNC(=O)N1CC2(CC2)[C@H](NS(=O)(=O)CF)[C@@H]1Cc1cccc(-c2cccc(F)c2)c1F. The first-order valence-electron chi connectivity index (χ1n) is 11.7. The van der Waals surface area contributed by atoms with Gasteiger partial charge in [0.05, 0.1) is 12.6 Å². The van der Waals surface area contributed by atoms with Gasteiger partial charge in [0.2, 0.25) is 16.0 Å². The molecule has 0 bridgehead atoms. The Morgan fingerprint density at radius 1 is 1.17 bits per heavy atom. The zero-order chi connectivity index (χ0) is 26.3. The van der Waals surface area contributed by atoms with Crippen molar-refractivity contribution < 1.29 is 30.8 Å². The predicted molar refractivity (Wildman–Crippen MR) is 128 cm³/mol. The van der Waals surface area contributed by atoms with Crippen LogP contribution in [0.5, 0.6) is 0 Å². The fourth-order valence-corrected chi connectivity index (χ4v) is 5.74. The van der Waals surface area contributed by atoms with Crippen molar-refractivity contribution in [3.8, 4) is 11.1 Å². The molecule has 1 spiro atoms. The first-order valence-corrected chi connectivity index (χ1v) is 13.3. The summed E-state index contributed by atoms with van der Waals surface area (Å²) in [6.45, 7) is 2.51. The van der Waals surface area contributed by atoms with E-state index >= 15 is 4.39 Å². The van der Waals surface area contributed by atoms with Crippen LogP contribution in [0.25, 0.3) is 11.1 Å². The first-order chi connectivity index (χ1) is 16.8. The minimum Gasteiger partial charge on any atom is -0.335 e. The Balaban J connectivity index is 1.69. The minimum absolute atomic E-state index is 0.0807. The molecule has 0 aromatic heterocycles. The number of nitrogens with zero attached hydrogens (tertiary/aromatic N) is 1. The van der Waals surface area contributed by atoms with Crippen LogP contribution in [-0.2, 0) is 16.4 Å². The third kappa shape index (κ3) is 5.67. The Hall–Kier alpha value is -2.66. The van der Waals surface area contributed by atoms with E-state index in [1.165, 1.54) is 49.1 Å². The molecule has 2 fully saturated rings. The average Bonchev–Trinajstić information content (AvgIpc) is 3.53. The molecule has 2 aromatic rings. The largest absolute Gasteiger partial charge is 0.335 e. The highest BCUT2D eigenvalue weighted by molar-refractivity contribution is 7.89. The van der Waals surface area contributed by atoms with Gasteiger partial charge in [-0.15, -0.1) is 0 Å². The molecule has 196 valence electrons. The van der Waals surface area contributed by atoms with Gasteiger partial charge in [0, 0.05) is 23.6 Å². The number of likely N-dealkylation sites (tertiary alicyclic amines) is 1. The Labute approximate surface area is 208 Å². The number of benzene rings is 2. The molecule has 2 aliphatic rings. The van der Waals surface area contributed by atoms with E-state index in [2.05, 4.69) is 10.0 Å². The molecule has 1 saturated heterocycles. The molecule has 11 heteroatoms. The van der Waals surface area contributed by atoms with Crippen molar-refractivity contribution in [2.45, 2.75) is 50.9 Å². The molecule has 2 N–H and O–H groups in total. The average molecular weight is 528 g/mol. The van der Waals surface area contributed by atoms with Crippen LogP contribution in [-0.4, -0.2) is 56.2 Å². The van der Waals surface area contributed by atoms with E-state index in [0.29, 0.717) is 18.4 Å². The monoisotopic (exact) mass is 527 g/mol. The standard InChI is InChI=1S/C25H29F4N3O3S/c1-24(2,29)13-30-23(33)32-14-25(9-10-25)22(31-36(34,35)15-26)20(32)12-17-6-4-8-19(21(17)28)16-5-3-7-18(27)11-16/h3-8,11,20,22,31H,9-10,12-15H2,1-2H3,(H,30,33)/t20-,22+/m0/s1. The van der Waals surface area contributed by atoms with Crippen LogP contribution >= 0.6 is 0 Å². The van der Waals surface area contributed by atoms with Crippen molar-refractivity contribution >= 4 is 16.1 Å². The summed E-state index contributed by atoms with van der Waals surface area (Å²) in [7, 11) is -4.28. The van der Waals surface area contributed by atoms with Crippen LogP contribution in [0.4, 0.5) is 22.4 Å². The van der Waals surface area contributed by atoms with Gasteiger partial charge >= 0.3 is 6.03 Å². The second-order valence-electron chi connectivity index (χ2n) is 10.2. The summed E-state index contributed by atoms with van der Waals surface area (Å²) in [6, 6.07) is 6.15. The molecule has 4 rings (SSSR count). The fourth-order valence-electron chi connectivity index (χ4n) is 4.88. The van der Waals surface area contributed by atoms with E-state index in [4.69, 9.17) is 0 Å². The van der Waals surface area contributed by atoms with Gasteiger partial charge in [-0.05, 0) is 56.4 Å². The van der Waals surface area contributed by atoms with Crippen LogP contribution in [0.15, 0.2) is 42.5 Å².